The molecule has 0 aromatic heterocycles. The van der Waals surface area contributed by atoms with E-state index in [4.69, 9.17) is 5.73 Å². The Balaban J connectivity index is 1.89. The number of rotatable bonds is 2. The molecule has 5 atom stereocenters. The summed E-state index contributed by atoms with van der Waals surface area (Å²) in [6, 6.07) is 0.116. The molecular weight excluding hydrogens is 228 g/mol. The van der Waals surface area contributed by atoms with Crippen molar-refractivity contribution in [2.24, 2.45) is 17.6 Å². The zero-order chi connectivity index (χ0) is 13.1. The molecule has 0 spiro atoms. The maximum atomic E-state index is 12.3. The van der Waals surface area contributed by atoms with Gasteiger partial charge in [0.1, 0.15) is 0 Å². The van der Waals surface area contributed by atoms with Crippen LogP contribution in [-0.2, 0) is 4.79 Å². The second-order valence-electron chi connectivity index (χ2n) is 6.12. The molecule has 0 aromatic rings. The van der Waals surface area contributed by atoms with E-state index in [1.165, 1.54) is 0 Å². The van der Waals surface area contributed by atoms with Gasteiger partial charge in [-0.3, -0.25) is 4.79 Å². The fourth-order valence-corrected chi connectivity index (χ4v) is 3.29. The van der Waals surface area contributed by atoms with Crippen LogP contribution in [0, 0.1) is 11.8 Å². The molecule has 2 fully saturated rings. The van der Waals surface area contributed by atoms with E-state index < -0.39 is 0 Å². The molecule has 1 amide bonds. The SMILES string of the molecule is CC1CCC(N)CC1C(=O)NC1CCCCC1O. The summed E-state index contributed by atoms with van der Waals surface area (Å²) in [4.78, 5) is 12.3. The summed E-state index contributed by atoms with van der Waals surface area (Å²) >= 11 is 0. The summed E-state index contributed by atoms with van der Waals surface area (Å²) in [5.74, 6) is 0.539. The first-order valence-electron chi connectivity index (χ1n) is 7.32. The minimum Gasteiger partial charge on any atom is -0.391 e. The van der Waals surface area contributed by atoms with Crippen LogP contribution in [0.2, 0.25) is 0 Å². The van der Waals surface area contributed by atoms with Crippen molar-refractivity contribution in [1.29, 1.82) is 0 Å². The van der Waals surface area contributed by atoms with Crippen molar-refractivity contribution in [2.75, 3.05) is 0 Å². The summed E-state index contributed by atoms with van der Waals surface area (Å²) in [7, 11) is 0. The van der Waals surface area contributed by atoms with Gasteiger partial charge in [0.05, 0.1) is 12.1 Å². The minimum absolute atomic E-state index is 0.0304. The Morgan fingerprint density at radius 2 is 1.94 bits per heavy atom. The molecule has 2 aliphatic carbocycles. The molecule has 4 nitrogen and oxygen atoms in total. The molecule has 0 aliphatic heterocycles. The topological polar surface area (TPSA) is 75.4 Å². The summed E-state index contributed by atoms with van der Waals surface area (Å²) < 4.78 is 0. The number of aliphatic hydroxyl groups excluding tert-OH is 1. The van der Waals surface area contributed by atoms with E-state index in [-0.39, 0.29) is 30.0 Å². The third kappa shape index (κ3) is 3.23. The van der Waals surface area contributed by atoms with Crippen LogP contribution in [0.25, 0.3) is 0 Å². The van der Waals surface area contributed by atoms with Gasteiger partial charge in [-0.1, -0.05) is 19.8 Å². The van der Waals surface area contributed by atoms with E-state index in [0.29, 0.717) is 5.92 Å². The van der Waals surface area contributed by atoms with Gasteiger partial charge in [0.15, 0.2) is 0 Å². The summed E-state index contributed by atoms with van der Waals surface area (Å²) in [5, 5.41) is 12.9. The third-order valence-electron chi connectivity index (χ3n) is 4.63. The average Bonchev–Trinajstić information content (AvgIpc) is 2.35. The number of hydrogen-bond donors (Lipinski definition) is 3. The maximum Gasteiger partial charge on any atom is 0.223 e. The highest BCUT2D eigenvalue weighted by Crippen LogP contribution is 2.29. The van der Waals surface area contributed by atoms with Crippen molar-refractivity contribution in [2.45, 2.75) is 70.1 Å². The number of carbonyl (C=O) groups is 1. The first-order valence-corrected chi connectivity index (χ1v) is 7.32. The lowest BCUT2D eigenvalue weighted by Gasteiger charge is -2.34. The normalized spacial score (nSPS) is 41.4. The molecule has 104 valence electrons. The Morgan fingerprint density at radius 1 is 1.22 bits per heavy atom. The zero-order valence-electron chi connectivity index (χ0n) is 11.3. The average molecular weight is 254 g/mol. The molecule has 2 aliphatic rings. The van der Waals surface area contributed by atoms with Crippen molar-refractivity contribution in [3.63, 3.8) is 0 Å². The molecule has 5 unspecified atom stereocenters. The Hall–Kier alpha value is -0.610. The van der Waals surface area contributed by atoms with Crippen molar-refractivity contribution in [3.8, 4) is 0 Å². The predicted molar refractivity (Wildman–Crippen MR) is 70.9 cm³/mol. The number of hydrogen-bond acceptors (Lipinski definition) is 3. The van der Waals surface area contributed by atoms with E-state index in [0.717, 1.165) is 44.9 Å². The number of carbonyl (C=O) groups excluding carboxylic acids is 1. The van der Waals surface area contributed by atoms with Crippen LogP contribution in [0.5, 0.6) is 0 Å². The summed E-state index contributed by atoms with van der Waals surface area (Å²) in [6.07, 6.45) is 6.36. The molecule has 0 aromatic carbocycles. The number of amides is 1. The summed E-state index contributed by atoms with van der Waals surface area (Å²) in [5.41, 5.74) is 5.96. The Kier molecular flexibility index (Phi) is 4.62. The fraction of sp³-hybridized carbons (Fsp3) is 0.929. The van der Waals surface area contributed by atoms with E-state index in [2.05, 4.69) is 12.2 Å². The van der Waals surface area contributed by atoms with Crippen LogP contribution in [-0.4, -0.2) is 29.2 Å². The second-order valence-corrected chi connectivity index (χ2v) is 6.12. The number of nitrogens with one attached hydrogen (secondary N) is 1. The van der Waals surface area contributed by atoms with Gasteiger partial charge >= 0.3 is 0 Å². The standard InChI is InChI=1S/C14H26N2O2/c1-9-6-7-10(15)8-11(9)14(18)16-12-4-2-3-5-13(12)17/h9-13,17H,2-8,15H2,1H3,(H,16,18). The molecule has 0 saturated heterocycles. The van der Waals surface area contributed by atoms with Gasteiger partial charge in [-0.25, -0.2) is 0 Å². The van der Waals surface area contributed by atoms with E-state index >= 15 is 0 Å². The molecule has 2 saturated carbocycles. The Morgan fingerprint density at radius 3 is 2.67 bits per heavy atom. The molecule has 0 radical (unpaired) electrons. The molecule has 4 N–H and O–H groups in total. The Labute approximate surface area is 109 Å². The largest absolute Gasteiger partial charge is 0.391 e. The van der Waals surface area contributed by atoms with Crippen molar-refractivity contribution >= 4 is 5.91 Å². The monoisotopic (exact) mass is 254 g/mol. The zero-order valence-corrected chi connectivity index (χ0v) is 11.3. The first kappa shape index (κ1) is 13.8. The highest BCUT2D eigenvalue weighted by Gasteiger charge is 2.33. The van der Waals surface area contributed by atoms with Gasteiger partial charge in [-0.05, 0) is 38.0 Å². The molecule has 4 heteroatoms. The van der Waals surface area contributed by atoms with Crippen molar-refractivity contribution < 1.29 is 9.90 Å². The molecule has 0 heterocycles. The van der Waals surface area contributed by atoms with Gasteiger partial charge in [0.2, 0.25) is 5.91 Å². The smallest absolute Gasteiger partial charge is 0.223 e. The number of aliphatic hydroxyl groups is 1. The second kappa shape index (κ2) is 6.02. The highest BCUT2D eigenvalue weighted by atomic mass is 16.3. The van der Waals surface area contributed by atoms with E-state index in [9.17, 15) is 9.90 Å². The fourth-order valence-electron chi connectivity index (χ4n) is 3.29. The van der Waals surface area contributed by atoms with Crippen molar-refractivity contribution in [3.05, 3.63) is 0 Å². The number of nitrogens with two attached hydrogens (primary N) is 1. The Bertz CT molecular complexity index is 296. The van der Waals surface area contributed by atoms with Crippen LogP contribution in [0.4, 0.5) is 0 Å². The van der Waals surface area contributed by atoms with Gasteiger partial charge in [-0.15, -0.1) is 0 Å². The minimum atomic E-state index is -0.365. The van der Waals surface area contributed by atoms with Crippen LogP contribution < -0.4 is 11.1 Å². The van der Waals surface area contributed by atoms with Gasteiger partial charge < -0.3 is 16.2 Å². The van der Waals surface area contributed by atoms with Gasteiger partial charge in [0, 0.05) is 12.0 Å². The molecule has 0 bridgehead atoms. The lowest BCUT2D eigenvalue weighted by Crippen LogP contribution is -2.49. The molecular formula is C14H26N2O2. The summed E-state index contributed by atoms with van der Waals surface area (Å²) in [6.45, 7) is 2.13. The van der Waals surface area contributed by atoms with Crippen molar-refractivity contribution in [1.82, 2.24) is 5.32 Å². The lowest BCUT2D eigenvalue weighted by atomic mass is 9.77. The third-order valence-corrected chi connectivity index (χ3v) is 4.63. The maximum absolute atomic E-state index is 12.3. The van der Waals surface area contributed by atoms with E-state index in [1.54, 1.807) is 0 Å². The van der Waals surface area contributed by atoms with E-state index in [1.807, 2.05) is 0 Å². The quantitative estimate of drug-likeness (QED) is 0.692. The van der Waals surface area contributed by atoms with Gasteiger partial charge in [-0.2, -0.15) is 0 Å². The van der Waals surface area contributed by atoms with Crippen LogP contribution in [0.3, 0.4) is 0 Å². The lowest BCUT2D eigenvalue weighted by molar-refractivity contribution is -0.129. The van der Waals surface area contributed by atoms with Crippen LogP contribution in [0.15, 0.2) is 0 Å². The predicted octanol–water partition coefficient (Wildman–Crippen LogP) is 1.17. The molecule has 18 heavy (non-hydrogen) atoms. The van der Waals surface area contributed by atoms with Gasteiger partial charge in [0.25, 0.3) is 0 Å². The van der Waals surface area contributed by atoms with Crippen LogP contribution >= 0.6 is 0 Å². The van der Waals surface area contributed by atoms with Crippen LogP contribution in [0.1, 0.15) is 51.9 Å². The highest BCUT2D eigenvalue weighted by molar-refractivity contribution is 5.79. The molecule has 2 rings (SSSR count). The first-order chi connectivity index (χ1) is 8.58.